The van der Waals surface area contributed by atoms with Crippen LogP contribution in [-0.4, -0.2) is 42.2 Å². The molecule has 104 valence electrons. The van der Waals surface area contributed by atoms with E-state index in [9.17, 15) is 9.59 Å². The monoisotopic (exact) mass is 305 g/mol. The van der Waals surface area contributed by atoms with Crippen LogP contribution in [0.2, 0.25) is 0 Å². The van der Waals surface area contributed by atoms with Crippen LogP contribution in [0.4, 0.5) is 5.13 Å². The average molecular weight is 306 g/mol. The number of nitrogens with zero attached hydrogens (tertiary/aromatic N) is 3. The molecule has 0 N–H and O–H groups in total. The van der Waals surface area contributed by atoms with E-state index in [1.807, 2.05) is 0 Å². The number of methoxy groups -OCH3 is 1. The highest BCUT2D eigenvalue weighted by Gasteiger charge is 2.40. The van der Waals surface area contributed by atoms with Crippen molar-refractivity contribution in [2.24, 2.45) is 0 Å². The van der Waals surface area contributed by atoms with Crippen molar-refractivity contribution in [1.82, 2.24) is 9.36 Å². The lowest BCUT2D eigenvalue weighted by Crippen LogP contribution is -2.37. The molecule has 0 fully saturated rings. The molecule has 0 saturated heterocycles. The molecule has 1 aromatic rings. The lowest BCUT2D eigenvalue weighted by atomic mass is 10.3. The van der Waals surface area contributed by atoms with E-state index in [4.69, 9.17) is 16.3 Å². The van der Waals surface area contributed by atoms with Crippen LogP contribution >= 0.6 is 23.1 Å². The van der Waals surface area contributed by atoms with Crippen molar-refractivity contribution in [3.63, 3.8) is 0 Å². The van der Waals surface area contributed by atoms with Gasteiger partial charge in [0, 0.05) is 31.3 Å². The molecule has 0 saturated carbocycles. The minimum atomic E-state index is -0.828. The Balaban J connectivity index is 0.000000550. The molecule has 0 spiro atoms. The highest BCUT2D eigenvalue weighted by atomic mass is 35.5. The molecule has 19 heavy (non-hydrogen) atoms. The zero-order valence-electron chi connectivity index (χ0n) is 10.5. The zero-order valence-corrected chi connectivity index (χ0v) is 12.1. The van der Waals surface area contributed by atoms with Gasteiger partial charge in [-0.2, -0.15) is 4.37 Å². The van der Waals surface area contributed by atoms with Crippen molar-refractivity contribution < 1.29 is 19.1 Å². The van der Waals surface area contributed by atoms with E-state index < -0.39 is 12.1 Å². The molecule has 1 aliphatic heterocycles. The molecule has 1 aromatic heterocycles. The van der Waals surface area contributed by atoms with E-state index in [-0.39, 0.29) is 11.5 Å². The summed E-state index contributed by atoms with van der Waals surface area (Å²) >= 11 is 6.82. The summed E-state index contributed by atoms with van der Waals surface area (Å²) in [4.78, 5) is 27.2. The number of carbonyl (C=O) groups excluding carboxylic acids is 2. The first-order valence-corrected chi connectivity index (χ1v) is 6.19. The second-order valence-electron chi connectivity index (χ2n) is 3.39. The summed E-state index contributed by atoms with van der Waals surface area (Å²) in [5.74, 6) is -0.442. The number of amides is 1. The maximum absolute atomic E-state index is 11.8. The molecule has 2 rings (SSSR count). The van der Waals surface area contributed by atoms with Gasteiger partial charge in [-0.15, -0.1) is 0 Å². The molecule has 0 bridgehead atoms. The summed E-state index contributed by atoms with van der Waals surface area (Å²) in [7, 11) is 3.25. The van der Waals surface area contributed by atoms with Crippen LogP contribution < -0.4 is 4.90 Å². The SMILES string of the molecule is CC1=C(Cl)C(=O)N(c2ncns2)C1OC=O.COC. The van der Waals surface area contributed by atoms with Gasteiger partial charge in [0.1, 0.15) is 11.4 Å². The first-order valence-electron chi connectivity index (χ1n) is 5.04. The average Bonchev–Trinajstić information content (AvgIpc) is 2.96. The zero-order chi connectivity index (χ0) is 14.4. The van der Waals surface area contributed by atoms with Crippen molar-refractivity contribution in [2.75, 3.05) is 19.1 Å². The van der Waals surface area contributed by atoms with Gasteiger partial charge in [0.2, 0.25) is 11.4 Å². The first kappa shape index (κ1) is 15.5. The van der Waals surface area contributed by atoms with E-state index in [0.29, 0.717) is 10.7 Å². The fourth-order valence-electron chi connectivity index (χ4n) is 1.36. The van der Waals surface area contributed by atoms with Crippen LogP contribution in [0.1, 0.15) is 6.92 Å². The number of hydrogen-bond donors (Lipinski definition) is 0. The minimum absolute atomic E-state index is 0.0436. The quantitative estimate of drug-likeness (QED) is 0.779. The van der Waals surface area contributed by atoms with E-state index in [1.54, 1.807) is 21.1 Å². The Labute approximate surface area is 118 Å². The fourth-order valence-corrected chi connectivity index (χ4v) is 2.09. The predicted molar refractivity (Wildman–Crippen MR) is 69.8 cm³/mol. The van der Waals surface area contributed by atoms with Crippen LogP contribution in [0.5, 0.6) is 0 Å². The Morgan fingerprint density at radius 3 is 2.63 bits per heavy atom. The van der Waals surface area contributed by atoms with E-state index >= 15 is 0 Å². The van der Waals surface area contributed by atoms with E-state index in [1.165, 1.54) is 11.2 Å². The normalized spacial score (nSPS) is 18.2. The molecule has 0 aliphatic carbocycles. The highest BCUT2D eigenvalue weighted by molar-refractivity contribution is 7.09. The molecule has 1 amide bonds. The topological polar surface area (TPSA) is 81.6 Å². The van der Waals surface area contributed by atoms with Gasteiger partial charge in [0.15, 0.2) is 0 Å². The van der Waals surface area contributed by atoms with Crippen LogP contribution in [-0.2, 0) is 19.1 Å². The molecular formula is C10H12ClN3O4S. The van der Waals surface area contributed by atoms with Crippen LogP contribution in [0.3, 0.4) is 0 Å². The third kappa shape index (κ3) is 3.28. The van der Waals surface area contributed by atoms with Crippen molar-refractivity contribution >= 4 is 40.6 Å². The summed E-state index contributed by atoms with van der Waals surface area (Å²) in [5.41, 5.74) is 0.481. The van der Waals surface area contributed by atoms with Crippen molar-refractivity contribution in [3.05, 3.63) is 16.9 Å². The van der Waals surface area contributed by atoms with Crippen molar-refractivity contribution in [3.8, 4) is 0 Å². The molecule has 9 heteroatoms. The molecule has 0 aromatic carbocycles. The van der Waals surface area contributed by atoms with Crippen LogP contribution in [0, 0.1) is 0 Å². The number of aromatic nitrogens is 2. The maximum Gasteiger partial charge on any atom is 0.295 e. The van der Waals surface area contributed by atoms with Gasteiger partial charge in [0.25, 0.3) is 12.4 Å². The number of carbonyl (C=O) groups is 2. The summed E-state index contributed by atoms with van der Waals surface area (Å²) in [6.45, 7) is 1.89. The van der Waals surface area contributed by atoms with Gasteiger partial charge in [-0.1, -0.05) is 11.6 Å². The van der Waals surface area contributed by atoms with E-state index in [2.05, 4.69) is 14.1 Å². The Kier molecular flexibility index (Phi) is 5.87. The number of hydrogen-bond acceptors (Lipinski definition) is 7. The van der Waals surface area contributed by atoms with Gasteiger partial charge < -0.3 is 9.47 Å². The molecule has 7 nitrogen and oxygen atoms in total. The lowest BCUT2D eigenvalue weighted by molar-refractivity contribution is -0.132. The van der Waals surface area contributed by atoms with Crippen LogP contribution in [0.25, 0.3) is 0 Å². The lowest BCUT2D eigenvalue weighted by Gasteiger charge is -2.20. The maximum atomic E-state index is 11.8. The Morgan fingerprint density at radius 2 is 2.16 bits per heavy atom. The third-order valence-corrected chi connectivity index (χ3v) is 3.22. The molecule has 1 atom stereocenters. The third-order valence-electron chi connectivity index (χ3n) is 2.10. The molecular weight excluding hydrogens is 294 g/mol. The molecule has 1 unspecified atom stereocenters. The fraction of sp³-hybridized carbons (Fsp3) is 0.400. The summed E-state index contributed by atoms with van der Waals surface area (Å²) in [5, 5.41) is 0.383. The second kappa shape index (κ2) is 7.17. The number of ether oxygens (including phenoxy) is 2. The predicted octanol–water partition coefficient (Wildman–Crippen LogP) is 1.16. The van der Waals surface area contributed by atoms with E-state index in [0.717, 1.165) is 11.5 Å². The Bertz CT molecular complexity index is 477. The number of anilines is 1. The molecule has 2 heterocycles. The van der Waals surface area contributed by atoms with Gasteiger partial charge in [-0.3, -0.25) is 9.59 Å². The van der Waals surface area contributed by atoms with Gasteiger partial charge >= 0.3 is 0 Å². The largest absolute Gasteiger partial charge is 0.439 e. The van der Waals surface area contributed by atoms with Gasteiger partial charge in [0.05, 0.1) is 0 Å². The highest BCUT2D eigenvalue weighted by Crippen LogP contribution is 2.33. The number of rotatable bonds is 3. The molecule has 1 aliphatic rings. The standard InChI is InChI=1S/C8H6ClN3O3S.C2H6O/c1-4-5(9)6(14)12(7(4)15-3-13)8-10-2-11-16-8;1-3-2/h2-3,7H,1H3;1-2H3. The second-order valence-corrected chi connectivity index (χ2v) is 4.53. The number of halogens is 1. The van der Waals surface area contributed by atoms with Crippen LogP contribution in [0.15, 0.2) is 16.9 Å². The van der Waals surface area contributed by atoms with Crippen molar-refractivity contribution in [1.29, 1.82) is 0 Å². The Hall–Kier alpha value is -1.51. The summed E-state index contributed by atoms with van der Waals surface area (Å²) in [6, 6.07) is 0. The van der Waals surface area contributed by atoms with Gasteiger partial charge in [-0.25, -0.2) is 9.88 Å². The summed E-state index contributed by atoms with van der Waals surface area (Å²) < 4.78 is 12.8. The van der Waals surface area contributed by atoms with Gasteiger partial charge in [-0.05, 0) is 6.92 Å². The van der Waals surface area contributed by atoms with Crippen molar-refractivity contribution in [2.45, 2.75) is 13.2 Å². The Morgan fingerprint density at radius 1 is 1.53 bits per heavy atom. The molecule has 0 radical (unpaired) electrons. The minimum Gasteiger partial charge on any atom is -0.439 e. The smallest absolute Gasteiger partial charge is 0.295 e. The first-order chi connectivity index (χ1) is 9.08. The summed E-state index contributed by atoms with van der Waals surface area (Å²) in [6.07, 6.45) is 0.484.